The average Bonchev–Trinajstić information content (AvgIpc) is 3.32. The fourth-order valence-corrected chi connectivity index (χ4v) is 4.40. The highest BCUT2D eigenvalue weighted by molar-refractivity contribution is 5.76. The minimum atomic E-state index is -0.269. The minimum Gasteiger partial charge on any atom is -0.483 e. The van der Waals surface area contributed by atoms with Crippen LogP contribution in [0.3, 0.4) is 0 Å². The van der Waals surface area contributed by atoms with Crippen LogP contribution in [0.2, 0.25) is 0 Å². The van der Waals surface area contributed by atoms with Crippen molar-refractivity contribution in [2.24, 2.45) is 11.8 Å². The number of aryl methyl sites for hydroxylation is 2. The molecule has 1 saturated heterocycles. The van der Waals surface area contributed by atoms with E-state index >= 15 is 0 Å². The number of carbonyl (C=O) groups excluding carboxylic acids is 1. The number of rotatable bonds is 5. The van der Waals surface area contributed by atoms with Gasteiger partial charge in [0.1, 0.15) is 5.82 Å². The first-order valence-corrected chi connectivity index (χ1v) is 10.1. The zero-order valence-corrected chi connectivity index (χ0v) is 17.9. The molecule has 10 nitrogen and oxygen atoms in total. The number of aliphatic hydroxyl groups excluding tert-OH is 1. The number of carboxylic acid groups (broad SMARTS) is 2. The van der Waals surface area contributed by atoms with Gasteiger partial charge in [0.25, 0.3) is 12.9 Å². The third-order valence-corrected chi connectivity index (χ3v) is 5.81. The summed E-state index contributed by atoms with van der Waals surface area (Å²) >= 11 is 0. The SMILES string of the molecule is CCc1nccn1CCC(=O)N1C[C@H]2C[C@@H](N(C)C)[C@H](O)C[C@H]2C1.O=CO.O=CO. The molecular formula is C20H34N4O6. The van der Waals surface area contributed by atoms with Crippen molar-refractivity contribution >= 4 is 18.9 Å². The number of aromatic nitrogens is 2. The van der Waals surface area contributed by atoms with Crippen molar-refractivity contribution in [2.45, 2.75) is 51.3 Å². The molecule has 1 aliphatic carbocycles. The van der Waals surface area contributed by atoms with Gasteiger partial charge in [-0.2, -0.15) is 0 Å². The van der Waals surface area contributed by atoms with Crippen LogP contribution in [-0.2, 0) is 27.3 Å². The van der Waals surface area contributed by atoms with Crippen LogP contribution in [0.25, 0.3) is 0 Å². The Labute approximate surface area is 177 Å². The predicted octanol–water partition coefficient (Wildman–Crippen LogP) is 0.397. The molecule has 3 N–H and O–H groups in total. The molecule has 1 aliphatic heterocycles. The van der Waals surface area contributed by atoms with E-state index in [-0.39, 0.29) is 31.0 Å². The monoisotopic (exact) mass is 426 g/mol. The van der Waals surface area contributed by atoms with E-state index in [2.05, 4.69) is 21.4 Å². The van der Waals surface area contributed by atoms with Crippen molar-refractivity contribution in [1.29, 1.82) is 0 Å². The second-order valence-corrected chi connectivity index (χ2v) is 7.74. The second-order valence-electron chi connectivity index (χ2n) is 7.74. The van der Waals surface area contributed by atoms with Gasteiger partial charge in [-0.25, -0.2) is 4.98 Å². The standard InChI is InChI=1S/C18H30N4O2.2CH2O2/c1-4-17-19-6-8-21(17)7-5-18(24)22-11-13-9-15(20(2)3)16(23)10-14(13)12-22;2*2-1-3/h6,8,13-16,23H,4-5,7,9-12H2,1-3H3;2*1H,(H,2,3)/t13-,14+,15-,16-;;/m1../s1. The van der Waals surface area contributed by atoms with Gasteiger partial charge in [0, 0.05) is 50.9 Å². The Morgan fingerprint density at radius 1 is 1.20 bits per heavy atom. The number of carbonyl (C=O) groups is 3. The van der Waals surface area contributed by atoms with Gasteiger partial charge in [0.15, 0.2) is 0 Å². The van der Waals surface area contributed by atoms with Crippen LogP contribution in [0, 0.1) is 11.8 Å². The Bertz CT molecular complexity index is 659. The van der Waals surface area contributed by atoms with Crippen LogP contribution in [0.1, 0.15) is 32.0 Å². The molecule has 2 aliphatic rings. The zero-order chi connectivity index (χ0) is 22.7. The van der Waals surface area contributed by atoms with Gasteiger partial charge < -0.3 is 29.7 Å². The number of amides is 1. The first-order chi connectivity index (χ1) is 14.3. The normalized spacial score (nSPS) is 24.8. The number of aliphatic hydroxyl groups is 1. The summed E-state index contributed by atoms with van der Waals surface area (Å²) < 4.78 is 2.08. The third-order valence-electron chi connectivity index (χ3n) is 5.81. The smallest absolute Gasteiger partial charge is 0.290 e. The summed E-state index contributed by atoms with van der Waals surface area (Å²) in [6.45, 7) is 3.95. The van der Waals surface area contributed by atoms with Crippen molar-refractivity contribution in [3.05, 3.63) is 18.2 Å². The molecule has 1 amide bonds. The highest BCUT2D eigenvalue weighted by Gasteiger charge is 2.43. The van der Waals surface area contributed by atoms with Crippen molar-refractivity contribution in [1.82, 2.24) is 19.4 Å². The minimum absolute atomic E-state index is 0.222. The molecule has 170 valence electrons. The van der Waals surface area contributed by atoms with Gasteiger partial charge in [0.2, 0.25) is 5.91 Å². The van der Waals surface area contributed by atoms with Crippen LogP contribution in [-0.4, -0.2) is 92.9 Å². The van der Waals surface area contributed by atoms with Crippen LogP contribution >= 0.6 is 0 Å². The van der Waals surface area contributed by atoms with Crippen molar-refractivity contribution in [2.75, 3.05) is 27.2 Å². The Morgan fingerprint density at radius 2 is 1.77 bits per heavy atom. The Hall–Kier alpha value is -2.46. The van der Waals surface area contributed by atoms with Crippen LogP contribution in [0.15, 0.2) is 12.4 Å². The third kappa shape index (κ3) is 7.10. The lowest BCUT2D eigenvalue weighted by Gasteiger charge is -2.38. The molecule has 0 aromatic carbocycles. The maximum absolute atomic E-state index is 12.6. The Balaban J connectivity index is 0.000000672. The summed E-state index contributed by atoms with van der Waals surface area (Å²) in [4.78, 5) is 37.8. The number of nitrogens with zero attached hydrogens (tertiary/aromatic N) is 4. The lowest BCUT2D eigenvalue weighted by atomic mass is 9.77. The number of likely N-dealkylation sites (N-methyl/N-ethyl adjacent to an activating group) is 1. The van der Waals surface area contributed by atoms with E-state index in [9.17, 15) is 9.90 Å². The number of likely N-dealkylation sites (tertiary alicyclic amines) is 1. The Morgan fingerprint density at radius 3 is 2.30 bits per heavy atom. The molecule has 1 aromatic rings. The topological polar surface area (TPSA) is 136 Å². The van der Waals surface area contributed by atoms with Crippen LogP contribution in [0.4, 0.5) is 0 Å². The van der Waals surface area contributed by atoms with E-state index in [1.54, 1.807) is 6.20 Å². The first-order valence-electron chi connectivity index (χ1n) is 10.1. The molecule has 1 saturated carbocycles. The van der Waals surface area contributed by atoms with Gasteiger partial charge in [-0.1, -0.05) is 6.92 Å². The molecule has 2 heterocycles. The molecule has 4 atom stereocenters. The lowest BCUT2D eigenvalue weighted by Crippen LogP contribution is -2.46. The van der Waals surface area contributed by atoms with E-state index in [1.165, 1.54) is 0 Å². The summed E-state index contributed by atoms with van der Waals surface area (Å²) in [5, 5.41) is 24.1. The number of hydrogen-bond donors (Lipinski definition) is 3. The lowest BCUT2D eigenvalue weighted by molar-refractivity contribution is -0.130. The van der Waals surface area contributed by atoms with E-state index in [4.69, 9.17) is 19.8 Å². The van der Waals surface area contributed by atoms with Gasteiger partial charge in [-0.05, 0) is 38.8 Å². The number of hydrogen-bond acceptors (Lipinski definition) is 6. The van der Waals surface area contributed by atoms with E-state index in [1.807, 2.05) is 25.2 Å². The number of imidazole rings is 1. The van der Waals surface area contributed by atoms with E-state index < -0.39 is 0 Å². The summed E-state index contributed by atoms with van der Waals surface area (Å²) in [6.07, 6.45) is 6.71. The first kappa shape index (κ1) is 25.6. The molecule has 0 radical (unpaired) electrons. The largest absolute Gasteiger partial charge is 0.483 e. The summed E-state index contributed by atoms with van der Waals surface area (Å²) in [6, 6.07) is 0.222. The van der Waals surface area contributed by atoms with Crippen molar-refractivity contribution < 1.29 is 29.7 Å². The van der Waals surface area contributed by atoms with E-state index in [0.29, 0.717) is 24.8 Å². The molecule has 3 rings (SSSR count). The second kappa shape index (κ2) is 13.0. The van der Waals surface area contributed by atoms with Crippen molar-refractivity contribution in [3.8, 4) is 0 Å². The van der Waals surface area contributed by atoms with Gasteiger partial charge >= 0.3 is 0 Å². The van der Waals surface area contributed by atoms with Crippen molar-refractivity contribution in [3.63, 3.8) is 0 Å². The quantitative estimate of drug-likeness (QED) is 0.576. The van der Waals surface area contributed by atoms with Gasteiger partial charge in [-0.3, -0.25) is 14.4 Å². The molecule has 0 bridgehead atoms. The molecule has 0 spiro atoms. The van der Waals surface area contributed by atoms with Crippen LogP contribution < -0.4 is 0 Å². The molecule has 10 heteroatoms. The molecule has 30 heavy (non-hydrogen) atoms. The summed E-state index contributed by atoms with van der Waals surface area (Å²) in [5.41, 5.74) is 0. The predicted molar refractivity (Wildman–Crippen MR) is 110 cm³/mol. The highest BCUT2D eigenvalue weighted by atomic mass is 16.3. The van der Waals surface area contributed by atoms with Gasteiger partial charge in [-0.15, -0.1) is 0 Å². The van der Waals surface area contributed by atoms with E-state index in [0.717, 1.165) is 38.2 Å². The highest BCUT2D eigenvalue weighted by Crippen LogP contribution is 2.37. The Kier molecular flexibility index (Phi) is 11.1. The molecule has 1 aromatic heterocycles. The summed E-state index contributed by atoms with van der Waals surface area (Å²) in [7, 11) is 4.06. The molecule has 2 fully saturated rings. The maximum atomic E-state index is 12.6. The molecular weight excluding hydrogens is 392 g/mol. The van der Waals surface area contributed by atoms with Gasteiger partial charge in [0.05, 0.1) is 6.10 Å². The average molecular weight is 427 g/mol. The fraction of sp³-hybridized carbons (Fsp3) is 0.700. The van der Waals surface area contributed by atoms with Crippen LogP contribution in [0.5, 0.6) is 0 Å². The maximum Gasteiger partial charge on any atom is 0.290 e. The molecule has 0 unspecified atom stereocenters. The summed E-state index contributed by atoms with van der Waals surface area (Å²) in [5.74, 6) is 2.26. The fourth-order valence-electron chi connectivity index (χ4n) is 4.40. The number of fused-ring (bicyclic) bond motifs is 1. The zero-order valence-electron chi connectivity index (χ0n) is 17.9.